The molecule has 1 aliphatic heterocycles. The van der Waals surface area contributed by atoms with Crippen LogP contribution in [-0.2, 0) is 16.1 Å². The summed E-state index contributed by atoms with van der Waals surface area (Å²) in [7, 11) is 1.48. The Morgan fingerprint density at radius 1 is 1.20 bits per heavy atom. The van der Waals surface area contributed by atoms with E-state index >= 15 is 0 Å². The van der Waals surface area contributed by atoms with Gasteiger partial charge in [-0.1, -0.05) is 23.7 Å². The summed E-state index contributed by atoms with van der Waals surface area (Å²) in [5, 5.41) is 11.2. The molecule has 11 heteroatoms. The monoisotopic (exact) mass is 608 g/mol. The molecule has 0 saturated carbocycles. The van der Waals surface area contributed by atoms with Gasteiger partial charge in [0.05, 0.1) is 26.2 Å². The molecule has 8 nitrogen and oxygen atoms in total. The van der Waals surface area contributed by atoms with E-state index in [1.165, 1.54) is 43.5 Å². The van der Waals surface area contributed by atoms with E-state index in [-0.39, 0.29) is 40.3 Å². The summed E-state index contributed by atoms with van der Waals surface area (Å²) in [6.07, 6.45) is 1.50. The maximum Gasteiger partial charge on any atom is 0.363 e. The number of methoxy groups -OCH3 is 1. The molecule has 3 aromatic rings. The molecule has 1 aliphatic rings. The number of carbonyl (C=O) groups excluding carboxylic acids is 1. The quantitative estimate of drug-likeness (QED) is 0.109. The SMILES string of the molecule is COc1cc(/C=C2\N=C(c3cc([N+](=O)[O-])ccc3Cl)OC2=O)cc(I)c1OCc1ccc(F)cc1. The molecular formula is C24H15ClFIN2O6. The number of ether oxygens (including phenoxy) is 3. The summed E-state index contributed by atoms with van der Waals surface area (Å²) in [6, 6.07) is 13.2. The lowest BCUT2D eigenvalue weighted by atomic mass is 10.1. The van der Waals surface area contributed by atoms with Crippen molar-refractivity contribution in [3.05, 3.63) is 102 Å². The lowest BCUT2D eigenvalue weighted by molar-refractivity contribution is -0.384. The maximum absolute atomic E-state index is 13.1. The van der Waals surface area contributed by atoms with Gasteiger partial charge in [0.2, 0.25) is 5.90 Å². The predicted octanol–water partition coefficient (Wildman–Crippen LogP) is 5.92. The highest BCUT2D eigenvalue weighted by atomic mass is 127. The van der Waals surface area contributed by atoms with E-state index in [0.717, 1.165) is 5.56 Å². The summed E-state index contributed by atoms with van der Waals surface area (Å²) >= 11 is 8.21. The first kappa shape index (κ1) is 24.6. The second kappa shape index (κ2) is 10.4. The fourth-order valence-electron chi connectivity index (χ4n) is 3.17. The minimum Gasteiger partial charge on any atom is -0.493 e. The number of nitro benzene ring substituents is 1. The number of halogens is 3. The van der Waals surface area contributed by atoms with Crippen LogP contribution in [0, 0.1) is 19.5 Å². The van der Waals surface area contributed by atoms with Crippen LogP contribution in [0.4, 0.5) is 10.1 Å². The first-order valence-corrected chi connectivity index (χ1v) is 11.4. The van der Waals surface area contributed by atoms with Gasteiger partial charge >= 0.3 is 5.97 Å². The number of hydrogen-bond acceptors (Lipinski definition) is 7. The second-order valence-corrected chi connectivity index (χ2v) is 8.78. The normalized spacial score (nSPS) is 14.0. The van der Waals surface area contributed by atoms with Gasteiger partial charge in [-0.25, -0.2) is 14.2 Å². The summed E-state index contributed by atoms with van der Waals surface area (Å²) < 4.78 is 30.4. The molecular weight excluding hydrogens is 594 g/mol. The fourth-order valence-corrected chi connectivity index (χ4v) is 4.15. The topological polar surface area (TPSA) is 100 Å². The average molecular weight is 609 g/mol. The van der Waals surface area contributed by atoms with Crippen LogP contribution in [0.2, 0.25) is 5.02 Å². The molecule has 0 aromatic heterocycles. The number of nitro groups is 1. The third-order valence-electron chi connectivity index (χ3n) is 4.86. The van der Waals surface area contributed by atoms with Gasteiger partial charge in [0, 0.05) is 12.1 Å². The molecule has 0 atom stereocenters. The Balaban J connectivity index is 1.61. The second-order valence-electron chi connectivity index (χ2n) is 7.21. The number of esters is 1. The number of rotatable bonds is 7. The molecule has 0 radical (unpaired) electrons. The summed E-state index contributed by atoms with van der Waals surface area (Å²) in [4.78, 5) is 27.1. The van der Waals surface area contributed by atoms with Crippen molar-refractivity contribution in [2.24, 2.45) is 4.99 Å². The molecule has 0 bridgehead atoms. The average Bonchev–Trinajstić information content (AvgIpc) is 3.19. The third-order valence-corrected chi connectivity index (χ3v) is 5.99. The molecule has 0 amide bonds. The van der Waals surface area contributed by atoms with E-state index in [0.29, 0.717) is 20.6 Å². The molecule has 0 N–H and O–H groups in total. The zero-order chi connectivity index (χ0) is 25.1. The van der Waals surface area contributed by atoms with E-state index < -0.39 is 10.9 Å². The molecule has 3 aromatic carbocycles. The Kier molecular flexibility index (Phi) is 7.31. The lowest BCUT2D eigenvalue weighted by Gasteiger charge is -2.14. The Morgan fingerprint density at radius 2 is 1.94 bits per heavy atom. The zero-order valence-corrected chi connectivity index (χ0v) is 20.9. The number of hydrogen-bond donors (Lipinski definition) is 0. The van der Waals surface area contributed by atoms with E-state index in [9.17, 15) is 19.3 Å². The van der Waals surface area contributed by atoms with Crippen molar-refractivity contribution in [2.45, 2.75) is 6.61 Å². The van der Waals surface area contributed by atoms with Crippen LogP contribution < -0.4 is 9.47 Å². The molecule has 178 valence electrons. The largest absolute Gasteiger partial charge is 0.493 e. The van der Waals surface area contributed by atoms with Gasteiger partial charge in [0.15, 0.2) is 17.2 Å². The van der Waals surface area contributed by atoms with Gasteiger partial charge in [-0.15, -0.1) is 0 Å². The van der Waals surface area contributed by atoms with Gasteiger partial charge < -0.3 is 14.2 Å². The first-order chi connectivity index (χ1) is 16.7. The van der Waals surface area contributed by atoms with Crippen LogP contribution in [0.1, 0.15) is 16.7 Å². The minimum absolute atomic E-state index is 0.0135. The summed E-state index contributed by atoms with van der Waals surface area (Å²) in [5.41, 5.74) is 1.28. The zero-order valence-electron chi connectivity index (χ0n) is 18.0. The molecule has 0 aliphatic carbocycles. The molecule has 35 heavy (non-hydrogen) atoms. The third kappa shape index (κ3) is 5.60. The molecule has 4 rings (SSSR count). The highest BCUT2D eigenvalue weighted by molar-refractivity contribution is 14.1. The van der Waals surface area contributed by atoms with Gasteiger partial charge in [-0.3, -0.25) is 10.1 Å². The smallest absolute Gasteiger partial charge is 0.363 e. The Hall–Kier alpha value is -3.51. The van der Waals surface area contributed by atoms with E-state index in [1.54, 1.807) is 24.3 Å². The molecule has 0 spiro atoms. The molecule has 0 saturated heterocycles. The number of aliphatic imine (C=N–C) groups is 1. The minimum atomic E-state index is -0.729. The fraction of sp³-hybridized carbons (Fsp3) is 0.0833. The van der Waals surface area contributed by atoms with Crippen LogP contribution in [0.3, 0.4) is 0 Å². The Bertz CT molecular complexity index is 1390. The van der Waals surface area contributed by atoms with E-state index in [1.807, 2.05) is 0 Å². The van der Waals surface area contributed by atoms with Crippen LogP contribution in [0.15, 0.2) is 65.3 Å². The molecule has 1 heterocycles. The predicted molar refractivity (Wildman–Crippen MR) is 135 cm³/mol. The van der Waals surface area contributed by atoms with Crippen molar-refractivity contribution in [1.29, 1.82) is 0 Å². The van der Waals surface area contributed by atoms with Crippen LogP contribution in [0.25, 0.3) is 6.08 Å². The number of nitrogens with zero attached hydrogens (tertiary/aromatic N) is 2. The van der Waals surface area contributed by atoms with Crippen molar-refractivity contribution in [2.75, 3.05) is 7.11 Å². The Labute approximate surface area is 217 Å². The van der Waals surface area contributed by atoms with Crippen LogP contribution in [-0.4, -0.2) is 23.9 Å². The maximum atomic E-state index is 13.1. The van der Waals surface area contributed by atoms with Crippen LogP contribution >= 0.6 is 34.2 Å². The summed E-state index contributed by atoms with van der Waals surface area (Å²) in [5.74, 6) is -0.282. The van der Waals surface area contributed by atoms with Crippen molar-refractivity contribution in [1.82, 2.24) is 0 Å². The van der Waals surface area contributed by atoms with Crippen molar-refractivity contribution in [3.63, 3.8) is 0 Å². The van der Waals surface area contributed by atoms with Gasteiger partial charge in [-0.05, 0) is 70.1 Å². The highest BCUT2D eigenvalue weighted by Crippen LogP contribution is 2.36. The molecule has 0 fully saturated rings. The Morgan fingerprint density at radius 3 is 2.63 bits per heavy atom. The highest BCUT2D eigenvalue weighted by Gasteiger charge is 2.27. The number of non-ortho nitro benzene ring substituents is 1. The summed E-state index contributed by atoms with van der Waals surface area (Å²) in [6.45, 7) is 0.205. The van der Waals surface area contributed by atoms with E-state index in [4.69, 9.17) is 25.8 Å². The van der Waals surface area contributed by atoms with Crippen LogP contribution in [0.5, 0.6) is 11.5 Å². The van der Waals surface area contributed by atoms with Crippen molar-refractivity contribution < 1.29 is 28.3 Å². The van der Waals surface area contributed by atoms with Gasteiger partial charge in [0.25, 0.3) is 5.69 Å². The van der Waals surface area contributed by atoms with Crippen molar-refractivity contribution >= 4 is 57.8 Å². The standard InChI is InChI=1S/C24H15ClFIN2O6/c1-33-21-10-14(8-19(27)22(21)34-12-13-2-4-15(26)5-3-13)9-20-24(30)35-23(28-20)17-11-16(29(31)32)6-7-18(17)25/h2-11H,12H2,1H3/b20-9-. The first-order valence-electron chi connectivity index (χ1n) is 9.97. The number of benzene rings is 3. The lowest BCUT2D eigenvalue weighted by Crippen LogP contribution is -2.06. The van der Waals surface area contributed by atoms with Gasteiger partial charge in [0.1, 0.15) is 12.4 Å². The van der Waals surface area contributed by atoms with Gasteiger partial charge in [-0.2, -0.15) is 0 Å². The molecule has 0 unspecified atom stereocenters. The number of cyclic esters (lactones) is 1. The van der Waals surface area contributed by atoms with Crippen molar-refractivity contribution in [3.8, 4) is 11.5 Å². The van der Waals surface area contributed by atoms with E-state index in [2.05, 4.69) is 27.6 Å². The number of carbonyl (C=O) groups is 1.